The highest BCUT2D eigenvalue weighted by Crippen LogP contribution is 2.30. The normalized spacial score (nSPS) is 11.5. The van der Waals surface area contributed by atoms with Gasteiger partial charge in [0.2, 0.25) is 5.28 Å². The van der Waals surface area contributed by atoms with Crippen molar-refractivity contribution in [2.75, 3.05) is 5.73 Å². The highest BCUT2D eigenvalue weighted by Gasteiger charge is 2.13. The van der Waals surface area contributed by atoms with Gasteiger partial charge in [0.15, 0.2) is 0 Å². The van der Waals surface area contributed by atoms with Crippen molar-refractivity contribution in [1.82, 2.24) is 9.55 Å². The molecule has 15 heavy (non-hydrogen) atoms. The molecule has 0 fully saturated rings. The van der Waals surface area contributed by atoms with Crippen molar-refractivity contribution in [3.8, 4) is 0 Å². The molecule has 0 aliphatic heterocycles. The zero-order chi connectivity index (χ0) is 11.2. The molecule has 1 aromatic carbocycles. The average molecular weight is 244 g/mol. The Morgan fingerprint density at radius 1 is 1.33 bits per heavy atom. The van der Waals surface area contributed by atoms with E-state index < -0.39 is 0 Å². The lowest BCUT2D eigenvalue weighted by Gasteiger charge is -2.09. The molecule has 3 nitrogen and oxygen atoms in total. The van der Waals surface area contributed by atoms with E-state index in [0.29, 0.717) is 16.0 Å². The van der Waals surface area contributed by atoms with E-state index in [9.17, 15) is 0 Å². The number of halogens is 2. The standard InChI is InChI=1S/C10H11Cl2N3/c1-5(2)15-9-3-6(11)7(13)4-8(9)14-10(15)12/h3-5H,13H2,1-2H3. The second kappa shape index (κ2) is 3.58. The van der Waals surface area contributed by atoms with Gasteiger partial charge in [0.25, 0.3) is 0 Å². The zero-order valence-electron chi connectivity index (χ0n) is 8.46. The Hall–Kier alpha value is -0.930. The first-order valence-electron chi connectivity index (χ1n) is 4.63. The van der Waals surface area contributed by atoms with E-state index >= 15 is 0 Å². The topological polar surface area (TPSA) is 43.8 Å². The molecule has 0 spiro atoms. The van der Waals surface area contributed by atoms with Crippen LogP contribution in [0.2, 0.25) is 10.3 Å². The van der Waals surface area contributed by atoms with Crippen LogP contribution in [-0.2, 0) is 0 Å². The predicted octanol–water partition coefficient (Wildman–Crippen LogP) is 3.51. The Bertz CT molecular complexity index is 517. The molecule has 0 saturated carbocycles. The van der Waals surface area contributed by atoms with Gasteiger partial charge in [-0.3, -0.25) is 0 Å². The maximum Gasteiger partial charge on any atom is 0.204 e. The highest BCUT2D eigenvalue weighted by molar-refractivity contribution is 6.34. The first-order chi connectivity index (χ1) is 7.00. The Balaban J connectivity index is 2.81. The lowest BCUT2D eigenvalue weighted by atomic mass is 10.2. The maximum absolute atomic E-state index is 6.04. The van der Waals surface area contributed by atoms with Gasteiger partial charge >= 0.3 is 0 Å². The number of imidazole rings is 1. The van der Waals surface area contributed by atoms with E-state index in [4.69, 9.17) is 28.9 Å². The monoisotopic (exact) mass is 243 g/mol. The van der Waals surface area contributed by atoms with E-state index in [0.717, 1.165) is 11.0 Å². The number of fused-ring (bicyclic) bond motifs is 1. The van der Waals surface area contributed by atoms with Gasteiger partial charge in [-0.2, -0.15) is 0 Å². The second-order valence-electron chi connectivity index (χ2n) is 3.71. The number of aromatic nitrogens is 2. The van der Waals surface area contributed by atoms with Crippen LogP contribution < -0.4 is 5.73 Å². The molecule has 0 unspecified atom stereocenters. The van der Waals surface area contributed by atoms with Gasteiger partial charge in [-0.05, 0) is 37.6 Å². The summed E-state index contributed by atoms with van der Waals surface area (Å²) >= 11 is 12.0. The van der Waals surface area contributed by atoms with Crippen molar-refractivity contribution in [3.63, 3.8) is 0 Å². The lowest BCUT2D eigenvalue weighted by Crippen LogP contribution is -2.00. The number of hydrogen-bond acceptors (Lipinski definition) is 2. The molecule has 2 N–H and O–H groups in total. The van der Waals surface area contributed by atoms with Gasteiger partial charge in [-0.15, -0.1) is 0 Å². The average Bonchev–Trinajstić information content (AvgIpc) is 2.41. The number of nitrogens with two attached hydrogens (primary N) is 1. The Labute approximate surface area is 97.8 Å². The molecule has 5 heteroatoms. The highest BCUT2D eigenvalue weighted by atomic mass is 35.5. The van der Waals surface area contributed by atoms with Crippen molar-refractivity contribution >= 4 is 39.9 Å². The number of hydrogen-bond donors (Lipinski definition) is 1. The summed E-state index contributed by atoms with van der Waals surface area (Å²) in [5.41, 5.74) is 7.90. The fraction of sp³-hybridized carbons (Fsp3) is 0.300. The quantitative estimate of drug-likeness (QED) is 0.780. The minimum atomic E-state index is 0.238. The Morgan fingerprint density at radius 3 is 2.60 bits per heavy atom. The molecule has 0 bridgehead atoms. The summed E-state index contributed by atoms with van der Waals surface area (Å²) in [4.78, 5) is 4.23. The van der Waals surface area contributed by atoms with Gasteiger partial charge in [-0.1, -0.05) is 11.6 Å². The van der Waals surface area contributed by atoms with Gasteiger partial charge in [0, 0.05) is 6.04 Å². The molecule has 0 saturated heterocycles. The minimum Gasteiger partial charge on any atom is -0.397 e. The summed E-state index contributed by atoms with van der Waals surface area (Å²) in [5, 5.41) is 0.989. The lowest BCUT2D eigenvalue weighted by molar-refractivity contribution is 0.618. The molecule has 80 valence electrons. The van der Waals surface area contributed by atoms with Crippen molar-refractivity contribution in [2.24, 2.45) is 0 Å². The van der Waals surface area contributed by atoms with Crippen LogP contribution in [0.4, 0.5) is 5.69 Å². The molecule has 0 aliphatic carbocycles. The molecular formula is C10H11Cl2N3. The third-order valence-corrected chi connectivity index (χ3v) is 2.88. The number of nitrogen functional groups attached to an aromatic ring is 1. The molecule has 2 rings (SSSR count). The molecule has 0 amide bonds. The van der Waals surface area contributed by atoms with Crippen LogP contribution in [0.15, 0.2) is 12.1 Å². The number of anilines is 1. The van der Waals surface area contributed by atoms with Crippen LogP contribution in [0.1, 0.15) is 19.9 Å². The second-order valence-corrected chi connectivity index (χ2v) is 4.45. The summed E-state index contributed by atoms with van der Waals surface area (Å²) < 4.78 is 1.92. The Kier molecular flexibility index (Phi) is 2.52. The molecule has 1 aromatic heterocycles. The molecular weight excluding hydrogens is 233 g/mol. The minimum absolute atomic E-state index is 0.238. The van der Waals surface area contributed by atoms with Crippen molar-refractivity contribution < 1.29 is 0 Å². The molecule has 2 aromatic rings. The largest absolute Gasteiger partial charge is 0.397 e. The summed E-state index contributed by atoms with van der Waals surface area (Å²) in [6.45, 7) is 4.08. The fourth-order valence-electron chi connectivity index (χ4n) is 1.59. The van der Waals surface area contributed by atoms with Crippen molar-refractivity contribution in [1.29, 1.82) is 0 Å². The van der Waals surface area contributed by atoms with Gasteiger partial charge < -0.3 is 10.3 Å². The first kappa shape index (κ1) is 10.6. The van der Waals surface area contributed by atoms with E-state index in [2.05, 4.69) is 4.98 Å². The third kappa shape index (κ3) is 1.66. The number of rotatable bonds is 1. The summed E-state index contributed by atoms with van der Waals surface area (Å²) in [5.74, 6) is 0. The van der Waals surface area contributed by atoms with Gasteiger partial charge in [-0.25, -0.2) is 4.98 Å². The fourth-order valence-corrected chi connectivity index (χ4v) is 2.13. The van der Waals surface area contributed by atoms with E-state index in [1.165, 1.54) is 0 Å². The van der Waals surface area contributed by atoms with Crippen molar-refractivity contribution in [3.05, 3.63) is 22.4 Å². The van der Waals surface area contributed by atoms with Crippen molar-refractivity contribution in [2.45, 2.75) is 19.9 Å². The van der Waals surface area contributed by atoms with Crippen LogP contribution >= 0.6 is 23.2 Å². The van der Waals surface area contributed by atoms with E-state index in [-0.39, 0.29) is 6.04 Å². The third-order valence-electron chi connectivity index (χ3n) is 2.28. The summed E-state index contributed by atoms with van der Waals surface area (Å²) in [6, 6.07) is 3.77. The smallest absolute Gasteiger partial charge is 0.204 e. The maximum atomic E-state index is 6.04. The van der Waals surface area contributed by atoms with E-state index in [1.54, 1.807) is 12.1 Å². The van der Waals surface area contributed by atoms with E-state index in [1.807, 2.05) is 18.4 Å². The summed E-state index contributed by atoms with van der Waals surface area (Å²) in [7, 11) is 0. The molecule has 0 aliphatic rings. The van der Waals surface area contributed by atoms with Crippen LogP contribution in [-0.4, -0.2) is 9.55 Å². The Morgan fingerprint density at radius 2 is 2.00 bits per heavy atom. The summed E-state index contributed by atoms with van der Waals surface area (Å²) in [6.07, 6.45) is 0. The molecule has 0 radical (unpaired) electrons. The first-order valence-corrected chi connectivity index (χ1v) is 5.38. The number of nitrogens with zero attached hydrogens (tertiary/aromatic N) is 2. The van der Waals surface area contributed by atoms with Gasteiger partial charge in [0.05, 0.1) is 21.7 Å². The SMILES string of the molecule is CC(C)n1c(Cl)nc2cc(N)c(Cl)cc21. The zero-order valence-corrected chi connectivity index (χ0v) is 9.97. The van der Waals surface area contributed by atoms with Crippen LogP contribution in [0.25, 0.3) is 11.0 Å². The van der Waals surface area contributed by atoms with Crippen LogP contribution in [0.3, 0.4) is 0 Å². The molecule has 1 heterocycles. The predicted molar refractivity (Wildman–Crippen MR) is 64.6 cm³/mol. The molecule has 0 atom stereocenters. The number of benzene rings is 1. The van der Waals surface area contributed by atoms with Crippen LogP contribution in [0, 0.1) is 0 Å². The van der Waals surface area contributed by atoms with Crippen LogP contribution in [0.5, 0.6) is 0 Å². The van der Waals surface area contributed by atoms with Gasteiger partial charge in [0.1, 0.15) is 0 Å².